The monoisotopic (exact) mass is 275 g/mol. The first-order valence-electron chi connectivity index (χ1n) is 8.06. The van der Waals surface area contributed by atoms with Crippen LogP contribution in [0.15, 0.2) is 18.2 Å². The molecule has 112 valence electrons. The zero-order valence-electron chi connectivity index (χ0n) is 13.4. The fraction of sp³-hybridized carbons (Fsp3) is 0.667. The summed E-state index contributed by atoms with van der Waals surface area (Å²) in [6.45, 7) is 9.92. The summed E-state index contributed by atoms with van der Waals surface area (Å²) in [4.78, 5) is 0. The molecule has 20 heavy (non-hydrogen) atoms. The van der Waals surface area contributed by atoms with Gasteiger partial charge in [0.25, 0.3) is 0 Å². The van der Waals surface area contributed by atoms with Crippen LogP contribution in [0.4, 0.5) is 0 Å². The van der Waals surface area contributed by atoms with Crippen molar-refractivity contribution in [2.45, 2.75) is 65.5 Å². The van der Waals surface area contributed by atoms with Crippen molar-refractivity contribution in [1.29, 1.82) is 0 Å². The zero-order chi connectivity index (χ0) is 14.5. The zero-order valence-corrected chi connectivity index (χ0v) is 13.4. The molecule has 1 aliphatic carbocycles. The summed E-state index contributed by atoms with van der Waals surface area (Å²) in [5.41, 5.74) is 2.56. The van der Waals surface area contributed by atoms with Gasteiger partial charge in [0.05, 0.1) is 0 Å². The Labute approximate surface area is 123 Å². The van der Waals surface area contributed by atoms with Crippen LogP contribution in [0.25, 0.3) is 0 Å². The van der Waals surface area contributed by atoms with Crippen molar-refractivity contribution in [3.63, 3.8) is 0 Å². The first-order valence-corrected chi connectivity index (χ1v) is 8.06. The molecule has 0 heterocycles. The van der Waals surface area contributed by atoms with Crippen molar-refractivity contribution in [2.75, 3.05) is 6.54 Å². The number of hydrogen-bond acceptors (Lipinski definition) is 2. The van der Waals surface area contributed by atoms with E-state index in [-0.39, 0.29) is 0 Å². The van der Waals surface area contributed by atoms with Crippen molar-refractivity contribution in [2.24, 2.45) is 5.92 Å². The molecule has 0 saturated heterocycles. The third-order valence-electron chi connectivity index (χ3n) is 4.19. The minimum atomic E-state index is 0.312. The van der Waals surface area contributed by atoms with E-state index >= 15 is 0 Å². The highest BCUT2D eigenvalue weighted by Crippen LogP contribution is 2.28. The van der Waals surface area contributed by atoms with Gasteiger partial charge >= 0.3 is 0 Å². The Morgan fingerprint density at radius 1 is 1.15 bits per heavy atom. The van der Waals surface area contributed by atoms with Gasteiger partial charge in [0, 0.05) is 6.04 Å². The van der Waals surface area contributed by atoms with Crippen LogP contribution in [0, 0.1) is 19.8 Å². The number of aryl methyl sites for hydroxylation is 2. The van der Waals surface area contributed by atoms with Gasteiger partial charge in [0.1, 0.15) is 11.9 Å². The predicted molar refractivity (Wildman–Crippen MR) is 85.4 cm³/mol. The summed E-state index contributed by atoms with van der Waals surface area (Å²) >= 11 is 0. The SMILES string of the molecule is CCCNC1CCC(C)CC1Oc1cc(C)cc(C)c1. The molecule has 1 aliphatic rings. The molecule has 1 aromatic rings. The van der Waals surface area contributed by atoms with Crippen LogP contribution in [0.2, 0.25) is 0 Å². The molecule has 1 aromatic carbocycles. The molecule has 0 aliphatic heterocycles. The van der Waals surface area contributed by atoms with Crippen LogP contribution < -0.4 is 10.1 Å². The molecule has 1 saturated carbocycles. The largest absolute Gasteiger partial charge is 0.489 e. The van der Waals surface area contributed by atoms with Crippen LogP contribution in [0.5, 0.6) is 5.75 Å². The van der Waals surface area contributed by atoms with E-state index in [4.69, 9.17) is 4.74 Å². The second-order valence-electron chi connectivity index (χ2n) is 6.46. The Balaban J connectivity index is 2.06. The molecule has 3 unspecified atom stereocenters. The molecule has 0 bridgehead atoms. The molecule has 2 nitrogen and oxygen atoms in total. The van der Waals surface area contributed by atoms with E-state index in [1.54, 1.807) is 0 Å². The van der Waals surface area contributed by atoms with Gasteiger partial charge in [-0.15, -0.1) is 0 Å². The van der Waals surface area contributed by atoms with Crippen molar-refractivity contribution < 1.29 is 4.74 Å². The van der Waals surface area contributed by atoms with Gasteiger partial charge in [-0.05, 0) is 75.3 Å². The molecule has 3 atom stereocenters. The Kier molecular flexibility index (Phi) is 5.47. The van der Waals surface area contributed by atoms with Crippen molar-refractivity contribution in [3.8, 4) is 5.75 Å². The molecule has 0 amide bonds. The highest BCUT2D eigenvalue weighted by molar-refractivity contribution is 5.33. The average molecular weight is 275 g/mol. The summed E-state index contributed by atoms with van der Waals surface area (Å²) in [6.07, 6.45) is 5.20. The van der Waals surface area contributed by atoms with E-state index in [2.05, 4.69) is 51.2 Å². The number of rotatable bonds is 5. The minimum absolute atomic E-state index is 0.312. The molecule has 0 radical (unpaired) electrons. The maximum absolute atomic E-state index is 6.33. The molecule has 0 aromatic heterocycles. The van der Waals surface area contributed by atoms with Crippen LogP contribution >= 0.6 is 0 Å². The van der Waals surface area contributed by atoms with E-state index in [0.29, 0.717) is 12.1 Å². The lowest BCUT2D eigenvalue weighted by Crippen LogP contribution is -2.47. The Bertz CT molecular complexity index is 407. The highest BCUT2D eigenvalue weighted by atomic mass is 16.5. The lowest BCUT2D eigenvalue weighted by atomic mass is 9.85. The lowest BCUT2D eigenvalue weighted by Gasteiger charge is -2.35. The topological polar surface area (TPSA) is 21.3 Å². The van der Waals surface area contributed by atoms with Gasteiger partial charge < -0.3 is 10.1 Å². The summed E-state index contributed by atoms with van der Waals surface area (Å²) in [5, 5.41) is 3.67. The van der Waals surface area contributed by atoms with Crippen molar-refractivity contribution >= 4 is 0 Å². The average Bonchev–Trinajstić information content (AvgIpc) is 2.36. The number of benzene rings is 1. The Morgan fingerprint density at radius 2 is 1.85 bits per heavy atom. The fourth-order valence-electron chi connectivity index (χ4n) is 3.20. The molecule has 0 spiro atoms. The van der Waals surface area contributed by atoms with Gasteiger partial charge in [-0.2, -0.15) is 0 Å². The number of hydrogen-bond donors (Lipinski definition) is 1. The maximum atomic E-state index is 6.33. The standard InChI is InChI=1S/C18H29NO/c1-5-8-19-17-7-6-13(2)12-18(17)20-16-10-14(3)9-15(4)11-16/h9-11,13,17-19H,5-8,12H2,1-4H3. The second-order valence-corrected chi connectivity index (χ2v) is 6.46. The van der Waals surface area contributed by atoms with Crippen LogP contribution in [-0.2, 0) is 0 Å². The highest BCUT2D eigenvalue weighted by Gasteiger charge is 2.29. The van der Waals surface area contributed by atoms with Gasteiger partial charge in [-0.25, -0.2) is 0 Å². The van der Waals surface area contributed by atoms with E-state index in [9.17, 15) is 0 Å². The van der Waals surface area contributed by atoms with E-state index in [1.807, 2.05) is 0 Å². The quantitative estimate of drug-likeness (QED) is 0.868. The minimum Gasteiger partial charge on any atom is -0.489 e. The van der Waals surface area contributed by atoms with Crippen LogP contribution in [0.1, 0.15) is 50.7 Å². The van der Waals surface area contributed by atoms with Gasteiger partial charge in [-0.1, -0.05) is 19.9 Å². The Hall–Kier alpha value is -1.02. The van der Waals surface area contributed by atoms with Crippen molar-refractivity contribution in [3.05, 3.63) is 29.3 Å². The predicted octanol–water partition coefficient (Wildman–Crippen LogP) is 4.24. The van der Waals surface area contributed by atoms with Gasteiger partial charge in [0.2, 0.25) is 0 Å². The lowest BCUT2D eigenvalue weighted by molar-refractivity contribution is 0.0908. The van der Waals surface area contributed by atoms with Crippen molar-refractivity contribution in [1.82, 2.24) is 5.32 Å². The second kappa shape index (κ2) is 7.12. The van der Waals surface area contributed by atoms with Gasteiger partial charge in [0.15, 0.2) is 0 Å². The smallest absolute Gasteiger partial charge is 0.120 e. The fourth-order valence-corrected chi connectivity index (χ4v) is 3.20. The molecule has 1 N–H and O–H groups in total. The normalized spacial score (nSPS) is 26.5. The summed E-state index contributed by atoms with van der Waals surface area (Å²) in [6, 6.07) is 7.02. The number of nitrogens with one attached hydrogen (secondary N) is 1. The van der Waals surface area contributed by atoms with Crippen LogP contribution in [0.3, 0.4) is 0 Å². The molecule has 1 fully saturated rings. The van der Waals surface area contributed by atoms with E-state index in [0.717, 1.165) is 24.6 Å². The molecular formula is C18H29NO. The van der Waals surface area contributed by atoms with E-state index < -0.39 is 0 Å². The molecule has 2 rings (SSSR count). The summed E-state index contributed by atoms with van der Waals surface area (Å²) in [7, 11) is 0. The number of ether oxygens (including phenoxy) is 1. The molecule has 2 heteroatoms. The Morgan fingerprint density at radius 3 is 2.50 bits per heavy atom. The van der Waals surface area contributed by atoms with Gasteiger partial charge in [-0.3, -0.25) is 0 Å². The first kappa shape index (κ1) is 15.4. The van der Waals surface area contributed by atoms with Crippen LogP contribution in [-0.4, -0.2) is 18.7 Å². The maximum Gasteiger partial charge on any atom is 0.120 e. The molecular weight excluding hydrogens is 246 g/mol. The summed E-state index contributed by atoms with van der Waals surface area (Å²) in [5.74, 6) is 1.80. The third-order valence-corrected chi connectivity index (χ3v) is 4.19. The van der Waals surface area contributed by atoms with E-state index in [1.165, 1.54) is 30.4 Å². The third kappa shape index (κ3) is 4.24. The summed E-state index contributed by atoms with van der Waals surface area (Å²) < 4.78 is 6.33. The first-order chi connectivity index (χ1) is 9.58.